The van der Waals surface area contributed by atoms with Crippen molar-refractivity contribution in [3.8, 4) is 5.75 Å². The van der Waals surface area contributed by atoms with Gasteiger partial charge in [0.05, 0.1) is 11.6 Å². The molecule has 0 aromatic heterocycles. The Labute approximate surface area is 156 Å². The quantitative estimate of drug-likeness (QED) is 0.765. The van der Waals surface area contributed by atoms with Crippen molar-refractivity contribution in [1.82, 2.24) is 10.6 Å². The fourth-order valence-corrected chi connectivity index (χ4v) is 3.11. The van der Waals surface area contributed by atoms with E-state index in [4.69, 9.17) is 9.84 Å². The molecule has 2 aromatic carbocycles. The lowest BCUT2D eigenvalue weighted by molar-refractivity contribution is 0.0671. The summed E-state index contributed by atoms with van der Waals surface area (Å²) in [5, 5.41) is 14.6. The second-order valence-corrected chi connectivity index (χ2v) is 7.13. The number of carboxylic acids is 1. The summed E-state index contributed by atoms with van der Waals surface area (Å²) in [6.07, 6.45) is 0.548. The first kappa shape index (κ1) is 18.7. The van der Waals surface area contributed by atoms with Gasteiger partial charge in [0.2, 0.25) is 0 Å². The summed E-state index contributed by atoms with van der Waals surface area (Å²) in [6.45, 7) is 4.03. The van der Waals surface area contributed by atoms with E-state index in [0.717, 1.165) is 11.1 Å². The molecule has 0 aliphatic carbocycles. The average molecular weight is 372 g/mol. The predicted octanol–water partition coefficient (Wildman–Crippen LogP) is 3.63. The fraction of sp³-hybridized carbons (Fsp3) is 0.300. The summed E-state index contributed by atoms with van der Waals surface area (Å²) in [4.78, 5) is 23.2. The molecule has 0 bridgehead atoms. The number of amides is 2. The highest BCUT2D eigenvalue weighted by Crippen LogP contribution is 2.39. The molecule has 0 saturated heterocycles. The standard InChI is InChI=1S/C20H21FN2O4/c1-20(2)10-16(15-8-7-14(21)9-17(15)27-20)23-19(26)22-11-12-3-5-13(6-4-12)18(24)25/h3-9,16H,10-11H2,1-2H3,(H,24,25)(H2,22,23,26). The summed E-state index contributed by atoms with van der Waals surface area (Å²) < 4.78 is 19.3. The number of hydrogen-bond donors (Lipinski definition) is 3. The number of aromatic carboxylic acids is 1. The second kappa shape index (κ2) is 7.26. The molecule has 2 amide bonds. The highest BCUT2D eigenvalue weighted by Gasteiger charge is 2.34. The number of carbonyl (C=O) groups excluding carboxylic acids is 1. The molecule has 142 valence electrons. The number of fused-ring (bicyclic) bond motifs is 1. The maximum atomic E-state index is 13.5. The van der Waals surface area contributed by atoms with Gasteiger partial charge in [-0.25, -0.2) is 14.0 Å². The maximum Gasteiger partial charge on any atom is 0.335 e. The number of carboxylic acid groups (broad SMARTS) is 1. The first-order valence-corrected chi connectivity index (χ1v) is 8.58. The molecule has 6 nitrogen and oxygen atoms in total. The van der Waals surface area contributed by atoms with E-state index in [1.807, 2.05) is 13.8 Å². The second-order valence-electron chi connectivity index (χ2n) is 7.13. The van der Waals surface area contributed by atoms with Crippen molar-refractivity contribution in [3.05, 3.63) is 65.0 Å². The summed E-state index contributed by atoms with van der Waals surface area (Å²) in [5.74, 6) is -0.954. The Bertz CT molecular complexity index is 865. The molecule has 1 heterocycles. The van der Waals surface area contributed by atoms with Crippen LogP contribution in [0.5, 0.6) is 5.75 Å². The minimum Gasteiger partial charge on any atom is -0.487 e. The van der Waals surface area contributed by atoms with E-state index < -0.39 is 11.6 Å². The van der Waals surface area contributed by atoms with E-state index in [-0.39, 0.29) is 30.0 Å². The average Bonchev–Trinajstić information content (AvgIpc) is 2.59. The van der Waals surface area contributed by atoms with Gasteiger partial charge in [0.25, 0.3) is 0 Å². The molecule has 3 rings (SSSR count). The van der Waals surface area contributed by atoms with Crippen molar-refractivity contribution in [2.75, 3.05) is 0 Å². The van der Waals surface area contributed by atoms with Gasteiger partial charge in [-0.05, 0) is 37.6 Å². The molecule has 0 spiro atoms. The largest absolute Gasteiger partial charge is 0.487 e. The summed E-state index contributed by atoms with van der Waals surface area (Å²) in [6, 6.07) is 9.90. The third-order valence-electron chi connectivity index (χ3n) is 4.39. The number of hydrogen-bond acceptors (Lipinski definition) is 3. The number of carbonyl (C=O) groups is 2. The number of benzene rings is 2. The van der Waals surface area contributed by atoms with E-state index in [0.29, 0.717) is 12.2 Å². The van der Waals surface area contributed by atoms with Crippen LogP contribution in [0.15, 0.2) is 42.5 Å². The molecule has 1 aliphatic rings. The summed E-state index contributed by atoms with van der Waals surface area (Å²) in [7, 11) is 0. The number of urea groups is 1. The van der Waals surface area contributed by atoms with Crippen LogP contribution in [0.25, 0.3) is 0 Å². The molecule has 1 unspecified atom stereocenters. The molecule has 3 N–H and O–H groups in total. The topological polar surface area (TPSA) is 87.7 Å². The Morgan fingerprint density at radius 2 is 1.93 bits per heavy atom. The van der Waals surface area contributed by atoms with Crippen molar-refractivity contribution in [2.24, 2.45) is 0 Å². The van der Waals surface area contributed by atoms with Crippen LogP contribution < -0.4 is 15.4 Å². The van der Waals surface area contributed by atoms with E-state index in [1.54, 1.807) is 18.2 Å². The fourth-order valence-electron chi connectivity index (χ4n) is 3.11. The molecular weight excluding hydrogens is 351 g/mol. The monoisotopic (exact) mass is 372 g/mol. The van der Waals surface area contributed by atoms with Gasteiger partial charge in [-0.2, -0.15) is 0 Å². The van der Waals surface area contributed by atoms with E-state index in [9.17, 15) is 14.0 Å². The number of ether oxygens (including phenoxy) is 1. The zero-order chi connectivity index (χ0) is 19.6. The van der Waals surface area contributed by atoms with Crippen molar-refractivity contribution >= 4 is 12.0 Å². The smallest absolute Gasteiger partial charge is 0.335 e. The lowest BCUT2D eigenvalue weighted by Crippen LogP contribution is -2.44. The van der Waals surface area contributed by atoms with Crippen LogP contribution in [0.2, 0.25) is 0 Å². The Morgan fingerprint density at radius 1 is 1.22 bits per heavy atom. The van der Waals surface area contributed by atoms with E-state index in [1.165, 1.54) is 24.3 Å². The maximum absolute atomic E-state index is 13.5. The van der Waals surface area contributed by atoms with Gasteiger partial charge in [-0.3, -0.25) is 0 Å². The summed E-state index contributed by atoms with van der Waals surface area (Å²) >= 11 is 0. The van der Waals surface area contributed by atoms with Crippen LogP contribution in [-0.2, 0) is 6.54 Å². The highest BCUT2D eigenvalue weighted by atomic mass is 19.1. The minimum atomic E-state index is -0.996. The molecule has 27 heavy (non-hydrogen) atoms. The highest BCUT2D eigenvalue weighted by molar-refractivity contribution is 5.87. The SMILES string of the molecule is CC1(C)CC(NC(=O)NCc2ccc(C(=O)O)cc2)c2ccc(F)cc2O1. The van der Waals surface area contributed by atoms with Gasteiger partial charge in [-0.15, -0.1) is 0 Å². The first-order valence-electron chi connectivity index (χ1n) is 8.58. The van der Waals surface area contributed by atoms with Gasteiger partial charge in [0.15, 0.2) is 0 Å². The van der Waals surface area contributed by atoms with Gasteiger partial charge in [-0.1, -0.05) is 18.2 Å². The van der Waals surface area contributed by atoms with Crippen molar-refractivity contribution in [1.29, 1.82) is 0 Å². The zero-order valence-electron chi connectivity index (χ0n) is 15.1. The molecule has 1 atom stereocenters. The van der Waals surface area contributed by atoms with Crippen LogP contribution >= 0.6 is 0 Å². The Hall–Kier alpha value is -3.09. The molecule has 2 aromatic rings. The molecule has 0 radical (unpaired) electrons. The van der Waals surface area contributed by atoms with Crippen LogP contribution in [0, 0.1) is 5.82 Å². The van der Waals surface area contributed by atoms with Gasteiger partial charge in [0, 0.05) is 24.6 Å². The zero-order valence-corrected chi connectivity index (χ0v) is 15.1. The summed E-state index contributed by atoms with van der Waals surface area (Å²) in [5.41, 5.74) is 1.17. The number of rotatable bonds is 4. The normalized spacial score (nSPS) is 17.4. The molecule has 0 fully saturated rings. The molecular formula is C20H21FN2O4. The Balaban J connectivity index is 1.64. The minimum absolute atomic E-state index is 0.191. The number of halogens is 1. The molecule has 7 heteroatoms. The molecule has 0 saturated carbocycles. The Morgan fingerprint density at radius 3 is 2.59 bits per heavy atom. The van der Waals surface area contributed by atoms with Crippen molar-refractivity contribution in [3.63, 3.8) is 0 Å². The third kappa shape index (κ3) is 4.55. The van der Waals surface area contributed by atoms with Crippen LogP contribution in [0.4, 0.5) is 9.18 Å². The number of nitrogens with one attached hydrogen (secondary N) is 2. The van der Waals surface area contributed by atoms with E-state index >= 15 is 0 Å². The van der Waals surface area contributed by atoms with Crippen molar-refractivity contribution < 1.29 is 23.8 Å². The van der Waals surface area contributed by atoms with Crippen molar-refractivity contribution in [2.45, 2.75) is 38.5 Å². The van der Waals surface area contributed by atoms with Gasteiger partial charge < -0.3 is 20.5 Å². The predicted molar refractivity (Wildman–Crippen MR) is 97.2 cm³/mol. The van der Waals surface area contributed by atoms with Crippen LogP contribution in [0.1, 0.15) is 47.8 Å². The lowest BCUT2D eigenvalue weighted by atomic mass is 9.90. The van der Waals surface area contributed by atoms with Crippen LogP contribution in [-0.4, -0.2) is 22.7 Å². The van der Waals surface area contributed by atoms with Crippen LogP contribution in [0.3, 0.4) is 0 Å². The van der Waals surface area contributed by atoms with E-state index in [2.05, 4.69) is 10.6 Å². The van der Waals surface area contributed by atoms with Gasteiger partial charge >= 0.3 is 12.0 Å². The first-order chi connectivity index (χ1) is 12.7. The Kier molecular flexibility index (Phi) is 5.03. The molecule has 1 aliphatic heterocycles. The van der Waals surface area contributed by atoms with Gasteiger partial charge in [0.1, 0.15) is 17.2 Å². The third-order valence-corrected chi connectivity index (χ3v) is 4.39. The lowest BCUT2D eigenvalue weighted by Gasteiger charge is -2.37.